The monoisotopic (exact) mass is 390 g/mol. The Balaban J connectivity index is 1.60. The molecule has 0 atom stereocenters. The van der Waals surface area contributed by atoms with Crippen LogP contribution in [0.5, 0.6) is 5.75 Å². The zero-order valence-electron chi connectivity index (χ0n) is 14.6. The fourth-order valence-electron chi connectivity index (χ4n) is 3.40. The molecule has 0 aromatic heterocycles. The van der Waals surface area contributed by atoms with E-state index in [-0.39, 0.29) is 10.8 Å². The minimum Gasteiger partial charge on any atom is -0.490 e. The summed E-state index contributed by atoms with van der Waals surface area (Å²) in [5, 5.41) is 0. The molecule has 0 saturated carbocycles. The first kappa shape index (κ1) is 17.9. The number of nitrogens with zero attached hydrogens (tertiary/aromatic N) is 2. The van der Waals surface area contributed by atoms with E-state index in [9.17, 15) is 17.6 Å². The van der Waals surface area contributed by atoms with Crippen molar-refractivity contribution in [3.8, 4) is 5.75 Å². The number of benzene rings is 2. The van der Waals surface area contributed by atoms with Crippen LogP contribution in [0.4, 0.5) is 10.1 Å². The Morgan fingerprint density at radius 3 is 2.41 bits per heavy atom. The van der Waals surface area contributed by atoms with E-state index < -0.39 is 15.8 Å². The molecule has 8 heteroatoms. The molecule has 0 bridgehead atoms. The first-order valence-electron chi connectivity index (χ1n) is 8.81. The molecule has 1 fully saturated rings. The van der Waals surface area contributed by atoms with Crippen molar-refractivity contribution < 1.29 is 22.3 Å². The van der Waals surface area contributed by atoms with E-state index in [1.807, 2.05) is 0 Å². The van der Waals surface area contributed by atoms with Gasteiger partial charge in [0.25, 0.3) is 5.91 Å². The lowest BCUT2D eigenvalue weighted by molar-refractivity contribution is 0.0976. The normalized spacial score (nSPS) is 17.4. The summed E-state index contributed by atoms with van der Waals surface area (Å²) in [7, 11) is -3.52. The van der Waals surface area contributed by atoms with Crippen molar-refractivity contribution >= 4 is 21.6 Å². The summed E-state index contributed by atoms with van der Waals surface area (Å²) in [6, 6.07) is 9.94. The van der Waals surface area contributed by atoms with E-state index in [1.54, 1.807) is 0 Å². The highest BCUT2D eigenvalue weighted by Gasteiger charge is 2.28. The van der Waals surface area contributed by atoms with E-state index in [0.29, 0.717) is 43.2 Å². The van der Waals surface area contributed by atoms with E-state index in [0.717, 1.165) is 12.8 Å². The highest BCUT2D eigenvalue weighted by Crippen LogP contribution is 2.33. The van der Waals surface area contributed by atoms with Gasteiger partial charge in [-0.1, -0.05) is 0 Å². The van der Waals surface area contributed by atoms with Crippen LogP contribution < -0.4 is 9.64 Å². The van der Waals surface area contributed by atoms with Gasteiger partial charge in [0.2, 0.25) is 10.0 Å². The number of amides is 1. The molecule has 6 nitrogen and oxygen atoms in total. The molecule has 2 aromatic carbocycles. The maximum absolute atomic E-state index is 13.6. The number of carbonyl (C=O) groups is 1. The maximum Gasteiger partial charge on any atom is 0.258 e. The van der Waals surface area contributed by atoms with E-state index in [4.69, 9.17) is 4.74 Å². The van der Waals surface area contributed by atoms with Gasteiger partial charge in [0, 0.05) is 24.7 Å². The second-order valence-corrected chi connectivity index (χ2v) is 8.49. The maximum atomic E-state index is 13.6. The fourth-order valence-corrected chi connectivity index (χ4v) is 4.92. The fraction of sp³-hybridized carbons (Fsp3) is 0.316. The van der Waals surface area contributed by atoms with Gasteiger partial charge in [0.1, 0.15) is 18.2 Å². The van der Waals surface area contributed by atoms with Crippen LogP contribution in [0.1, 0.15) is 23.2 Å². The van der Waals surface area contributed by atoms with Gasteiger partial charge in [-0.25, -0.2) is 12.8 Å². The second kappa shape index (κ2) is 6.94. The number of hydrogen-bond donors (Lipinski definition) is 0. The van der Waals surface area contributed by atoms with Crippen LogP contribution in [-0.2, 0) is 10.0 Å². The van der Waals surface area contributed by atoms with Crippen LogP contribution in [0.25, 0.3) is 0 Å². The minimum absolute atomic E-state index is 0.175. The molecule has 2 aliphatic heterocycles. The third-order valence-electron chi connectivity index (χ3n) is 4.83. The predicted molar refractivity (Wildman–Crippen MR) is 98.0 cm³/mol. The molecular weight excluding hydrogens is 371 g/mol. The van der Waals surface area contributed by atoms with Crippen molar-refractivity contribution in [1.82, 2.24) is 4.31 Å². The standard InChI is InChI=1S/C19H19FN2O4S/c20-15-5-8-18-17(13-15)22(11-12-26-18)19(23)14-3-6-16(7-4-14)27(24,25)21-9-1-2-10-21/h3-8,13H,1-2,9-12H2. The summed E-state index contributed by atoms with van der Waals surface area (Å²) in [6.07, 6.45) is 1.73. The average molecular weight is 390 g/mol. The summed E-state index contributed by atoms with van der Waals surface area (Å²) in [5.41, 5.74) is 0.715. The lowest BCUT2D eigenvalue weighted by Gasteiger charge is -2.29. The van der Waals surface area contributed by atoms with Gasteiger partial charge in [0.15, 0.2) is 0 Å². The smallest absolute Gasteiger partial charge is 0.258 e. The molecule has 2 aromatic rings. The van der Waals surface area contributed by atoms with Crippen LogP contribution in [-0.4, -0.2) is 44.9 Å². The number of fused-ring (bicyclic) bond motifs is 1. The van der Waals surface area contributed by atoms with Crippen LogP contribution in [0.15, 0.2) is 47.4 Å². The van der Waals surface area contributed by atoms with E-state index in [1.165, 1.54) is 51.7 Å². The van der Waals surface area contributed by atoms with Gasteiger partial charge in [-0.15, -0.1) is 0 Å². The van der Waals surface area contributed by atoms with Crippen LogP contribution in [0.3, 0.4) is 0 Å². The molecule has 1 amide bonds. The molecule has 27 heavy (non-hydrogen) atoms. The van der Waals surface area contributed by atoms with Gasteiger partial charge in [-0.05, 0) is 49.2 Å². The van der Waals surface area contributed by atoms with Gasteiger partial charge in [0.05, 0.1) is 17.1 Å². The number of rotatable bonds is 3. The minimum atomic E-state index is -3.52. The molecule has 142 valence electrons. The Kier molecular flexibility index (Phi) is 4.61. The van der Waals surface area contributed by atoms with Crippen LogP contribution in [0, 0.1) is 5.82 Å². The molecule has 0 aliphatic carbocycles. The third kappa shape index (κ3) is 3.30. The van der Waals surface area contributed by atoms with Crippen molar-refractivity contribution in [1.29, 1.82) is 0 Å². The lowest BCUT2D eigenvalue weighted by Crippen LogP contribution is -2.38. The zero-order valence-corrected chi connectivity index (χ0v) is 15.4. The number of halogens is 1. The molecule has 0 spiro atoms. The van der Waals surface area contributed by atoms with Gasteiger partial charge in [-0.2, -0.15) is 4.31 Å². The Labute approximate surface area is 157 Å². The number of carbonyl (C=O) groups excluding carboxylic acids is 1. The largest absolute Gasteiger partial charge is 0.490 e. The summed E-state index contributed by atoms with van der Waals surface area (Å²) < 4.78 is 45.7. The molecular formula is C19H19FN2O4S. The molecule has 0 unspecified atom stereocenters. The average Bonchev–Trinajstić information content (AvgIpc) is 3.23. The molecule has 2 aliphatic rings. The summed E-state index contributed by atoms with van der Waals surface area (Å²) in [5.74, 6) is -0.330. The van der Waals surface area contributed by atoms with Crippen molar-refractivity contribution in [2.75, 3.05) is 31.1 Å². The Hall–Kier alpha value is -2.45. The van der Waals surface area contributed by atoms with Crippen molar-refractivity contribution in [2.24, 2.45) is 0 Å². The number of ether oxygens (including phenoxy) is 1. The molecule has 2 heterocycles. The Morgan fingerprint density at radius 1 is 1.00 bits per heavy atom. The summed E-state index contributed by atoms with van der Waals surface area (Å²) >= 11 is 0. The number of hydrogen-bond acceptors (Lipinski definition) is 4. The van der Waals surface area contributed by atoms with E-state index in [2.05, 4.69) is 0 Å². The SMILES string of the molecule is O=C(c1ccc(S(=O)(=O)N2CCCC2)cc1)N1CCOc2ccc(F)cc21. The Bertz CT molecular complexity index is 970. The second-order valence-electron chi connectivity index (χ2n) is 6.55. The number of anilines is 1. The first-order valence-corrected chi connectivity index (χ1v) is 10.3. The zero-order chi connectivity index (χ0) is 19.0. The highest BCUT2D eigenvalue weighted by molar-refractivity contribution is 7.89. The van der Waals surface area contributed by atoms with Crippen LogP contribution >= 0.6 is 0 Å². The molecule has 0 radical (unpaired) electrons. The molecule has 1 saturated heterocycles. The van der Waals surface area contributed by atoms with Crippen LogP contribution in [0.2, 0.25) is 0 Å². The highest BCUT2D eigenvalue weighted by atomic mass is 32.2. The van der Waals surface area contributed by atoms with Crippen molar-refractivity contribution in [3.63, 3.8) is 0 Å². The summed E-state index contributed by atoms with van der Waals surface area (Å²) in [6.45, 7) is 1.66. The molecule has 4 rings (SSSR count). The van der Waals surface area contributed by atoms with Crippen molar-refractivity contribution in [2.45, 2.75) is 17.7 Å². The third-order valence-corrected chi connectivity index (χ3v) is 6.75. The lowest BCUT2D eigenvalue weighted by atomic mass is 10.1. The van der Waals surface area contributed by atoms with E-state index >= 15 is 0 Å². The quantitative estimate of drug-likeness (QED) is 0.808. The van der Waals surface area contributed by atoms with Gasteiger partial charge < -0.3 is 9.64 Å². The number of sulfonamides is 1. The molecule has 0 N–H and O–H groups in total. The topological polar surface area (TPSA) is 66.9 Å². The predicted octanol–water partition coefficient (Wildman–Crippen LogP) is 2.65. The van der Waals surface area contributed by atoms with Gasteiger partial charge in [-0.3, -0.25) is 4.79 Å². The summed E-state index contributed by atoms with van der Waals surface area (Å²) in [4.78, 5) is 14.5. The Morgan fingerprint density at radius 2 is 1.70 bits per heavy atom. The van der Waals surface area contributed by atoms with Crippen molar-refractivity contribution in [3.05, 3.63) is 53.8 Å². The van der Waals surface area contributed by atoms with Gasteiger partial charge >= 0.3 is 0 Å². The first-order chi connectivity index (χ1) is 13.0.